The molecule has 1 unspecified atom stereocenters. The van der Waals surface area contributed by atoms with E-state index in [1.54, 1.807) is 19.1 Å². The fourth-order valence-electron chi connectivity index (χ4n) is 3.41. The van der Waals surface area contributed by atoms with Crippen molar-refractivity contribution in [3.8, 4) is 0 Å². The molecule has 5 nitrogen and oxygen atoms in total. The Labute approximate surface area is 142 Å². The van der Waals surface area contributed by atoms with Crippen molar-refractivity contribution in [1.82, 2.24) is 4.90 Å². The highest BCUT2D eigenvalue weighted by molar-refractivity contribution is 5.93. The average molecular weight is 338 g/mol. The zero-order valence-electron chi connectivity index (χ0n) is 14.4. The molecule has 2 atom stereocenters. The van der Waals surface area contributed by atoms with Crippen LogP contribution in [0.1, 0.15) is 31.7 Å². The molecule has 1 fully saturated rings. The van der Waals surface area contributed by atoms with Crippen molar-refractivity contribution >= 4 is 11.6 Å². The predicted octanol–water partition coefficient (Wildman–Crippen LogP) is 1.92. The number of piperidine rings is 1. The summed E-state index contributed by atoms with van der Waals surface area (Å²) in [5, 5.41) is 22.8. The van der Waals surface area contributed by atoms with Crippen molar-refractivity contribution in [3.05, 3.63) is 29.6 Å². The molecule has 1 amide bonds. The number of aliphatic hydroxyl groups excluding tert-OH is 2. The molecule has 6 heteroatoms. The second-order valence-corrected chi connectivity index (χ2v) is 6.73. The van der Waals surface area contributed by atoms with Crippen LogP contribution in [0.4, 0.5) is 10.1 Å². The second kappa shape index (κ2) is 8.05. The smallest absolute Gasteiger partial charge is 0.238 e. The lowest BCUT2D eigenvalue weighted by Gasteiger charge is -2.44. The lowest BCUT2D eigenvalue weighted by atomic mass is 9.73. The van der Waals surface area contributed by atoms with Crippen LogP contribution in [-0.4, -0.2) is 53.4 Å². The van der Waals surface area contributed by atoms with Gasteiger partial charge in [-0.3, -0.25) is 9.69 Å². The first kappa shape index (κ1) is 18.8. The number of hydrogen-bond donors (Lipinski definition) is 3. The monoisotopic (exact) mass is 338 g/mol. The number of carbonyl (C=O) groups is 1. The molecule has 2 rings (SSSR count). The van der Waals surface area contributed by atoms with E-state index in [1.165, 1.54) is 6.07 Å². The molecule has 0 radical (unpaired) electrons. The van der Waals surface area contributed by atoms with E-state index in [4.69, 9.17) is 0 Å². The third-order valence-electron chi connectivity index (χ3n) is 5.04. The van der Waals surface area contributed by atoms with Crippen LogP contribution in [0, 0.1) is 18.2 Å². The number of nitrogens with one attached hydrogen (secondary N) is 1. The lowest BCUT2D eigenvalue weighted by molar-refractivity contribution is -0.121. The number of rotatable bonds is 6. The van der Waals surface area contributed by atoms with Gasteiger partial charge in [0, 0.05) is 23.2 Å². The topological polar surface area (TPSA) is 72.8 Å². The van der Waals surface area contributed by atoms with E-state index >= 15 is 0 Å². The Kier molecular flexibility index (Phi) is 6.32. The van der Waals surface area contributed by atoms with Gasteiger partial charge in [0.05, 0.1) is 19.3 Å². The first-order valence-corrected chi connectivity index (χ1v) is 8.48. The summed E-state index contributed by atoms with van der Waals surface area (Å²) < 4.78 is 13.5. The van der Waals surface area contributed by atoms with Crippen LogP contribution in [0.25, 0.3) is 0 Å². The zero-order valence-corrected chi connectivity index (χ0v) is 14.4. The van der Waals surface area contributed by atoms with Crippen LogP contribution in [0.3, 0.4) is 0 Å². The third-order valence-corrected chi connectivity index (χ3v) is 5.04. The van der Waals surface area contributed by atoms with Crippen molar-refractivity contribution in [2.24, 2.45) is 5.41 Å². The van der Waals surface area contributed by atoms with Gasteiger partial charge >= 0.3 is 0 Å². The number of hydrogen-bond acceptors (Lipinski definition) is 4. The maximum absolute atomic E-state index is 13.5. The van der Waals surface area contributed by atoms with Gasteiger partial charge in [0.15, 0.2) is 0 Å². The van der Waals surface area contributed by atoms with Crippen molar-refractivity contribution in [2.45, 2.75) is 39.2 Å². The Morgan fingerprint density at radius 3 is 2.88 bits per heavy atom. The number of likely N-dealkylation sites (tertiary alicyclic amines) is 1. The molecule has 0 saturated carbocycles. The largest absolute Gasteiger partial charge is 0.396 e. The van der Waals surface area contributed by atoms with Crippen molar-refractivity contribution in [3.63, 3.8) is 0 Å². The molecule has 1 aliphatic rings. The van der Waals surface area contributed by atoms with Crippen molar-refractivity contribution < 1.29 is 19.4 Å². The highest BCUT2D eigenvalue weighted by Gasteiger charge is 2.41. The fourth-order valence-corrected chi connectivity index (χ4v) is 3.41. The van der Waals surface area contributed by atoms with Gasteiger partial charge in [0.25, 0.3) is 0 Å². The Morgan fingerprint density at radius 2 is 2.25 bits per heavy atom. The SMILES string of the molecule is CCC[C@]1(CO)CCN(CC(=O)Nc2cccc(F)c2C)CC1O. The molecule has 1 saturated heterocycles. The molecule has 0 spiro atoms. The fraction of sp³-hybridized carbons (Fsp3) is 0.611. The molecule has 0 aliphatic carbocycles. The number of carbonyl (C=O) groups excluding carboxylic acids is 1. The minimum Gasteiger partial charge on any atom is -0.396 e. The number of β-amino-alcohol motifs (C(OH)–C–C–N with tert-alkyl or cyclic N) is 1. The van der Waals surface area contributed by atoms with Crippen molar-refractivity contribution in [2.75, 3.05) is 31.6 Å². The average Bonchev–Trinajstić information content (AvgIpc) is 2.55. The summed E-state index contributed by atoms with van der Waals surface area (Å²) >= 11 is 0. The van der Waals surface area contributed by atoms with E-state index < -0.39 is 11.5 Å². The van der Waals surface area contributed by atoms with Crippen LogP contribution in [0.5, 0.6) is 0 Å². The van der Waals surface area contributed by atoms with Gasteiger partial charge < -0.3 is 15.5 Å². The molecular weight excluding hydrogens is 311 g/mol. The second-order valence-electron chi connectivity index (χ2n) is 6.73. The standard InChI is InChI=1S/C18H27FN2O3/c1-3-7-18(12-22)8-9-21(10-16(18)23)11-17(24)20-15-6-4-5-14(19)13(15)2/h4-6,16,22-23H,3,7-12H2,1-2H3,(H,20,24)/t16?,18-/m1/s1. The van der Waals surface area contributed by atoms with E-state index in [9.17, 15) is 19.4 Å². The maximum atomic E-state index is 13.5. The van der Waals surface area contributed by atoms with E-state index in [2.05, 4.69) is 5.32 Å². The van der Waals surface area contributed by atoms with Crippen LogP contribution in [0.15, 0.2) is 18.2 Å². The van der Waals surface area contributed by atoms with Gasteiger partial charge in [-0.1, -0.05) is 19.4 Å². The lowest BCUT2D eigenvalue weighted by Crippen LogP contribution is -2.54. The Bertz CT molecular complexity index is 581. The molecule has 0 aromatic heterocycles. The summed E-state index contributed by atoms with van der Waals surface area (Å²) in [7, 11) is 0. The number of aliphatic hydroxyl groups is 2. The number of nitrogens with zero attached hydrogens (tertiary/aromatic N) is 1. The molecule has 1 aliphatic heterocycles. The third kappa shape index (κ3) is 4.12. The minimum atomic E-state index is -0.653. The van der Waals surface area contributed by atoms with Gasteiger partial charge in [-0.15, -0.1) is 0 Å². The van der Waals surface area contributed by atoms with Crippen LogP contribution >= 0.6 is 0 Å². The molecule has 24 heavy (non-hydrogen) atoms. The number of amides is 1. The highest BCUT2D eigenvalue weighted by atomic mass is 19.1. The van der Waals surface area contributed by atoms with E-state index in [-0.39, 0.29) is 24.9 Å². The van der Waals surface area contributed by atoms with Crippen LogP contribution in [0.2, 0.25) is 0 Å². The molecule has 3 N–H and O–H groups in total. The zero-order chi connectivity index (χ0) is 17.7. The molecular formula is C18H27FN2O3. The van der Waals surface area contributed by atoms with Gasteiger partial charge in [0.2, 0.25) is 5.91 Å². The van der Waals surface area contributed by atoms with Crippen molar-refractivity contribution in [1.29, 1.82) is 0 Å². The molecule has 1 heterocycles. The van der Waals surface area contributed by atoms with Gasteiger partial charge in [-0.05, 0) is 38.4 Å². The highest BCUT2D eigenvalue weighted by Crippen LogP contribution is 2.35. The Hall–Kier alpha value is -1.50. The van der Waals surface area contributed by atoms with E-state index in [1.807, 2.05) is 11.8 Å². The first-order valence-electron chi connectivity index (χ1n) is 8.48. The molecule has 1 aromatic carbocycles. The summed E-state index contributed by atoms with van der Waals surface area (Å²) in [6.07, 6.45) is 1.68. The summed E-state index contributed by atoms with van der Waals surface area (Å²) in [6.45, 7) is 4.76. The molecule has 0 bridgehead atoms. The number of anilines is 1. The van der Waals surface area contributed by atoms with Crippen LogP contribution in [-0.2, 0) is 4.79 Å². The van der Waals surface area contributed by atoms with E-state index in [0.717, 1.165) is 12.8 Å². The Balaban J connectivity index is 1.93. The summed E-state index contributed by atoms with van der Waals surface area (Å²) in [5.41, 5.74) is 0.418. The Morgan fingerprint density at radius 1 is 1.50 bits per heavy atom. The maximum Gasteiger partial charge on any atom is 0.238 e. The first-order chi connectivity index (χ1) is 11.4. The summed E-state index contributed by atoms with van der Waals surface area (Å²) in [4.78, 5) is 14.1. The predicted molar refractivity (Wildman–Crippen MR) is 91.3 cm³/mol. The number of benzene rings is 1. The number of halogens is 1. The minimum absolute atomic E-state index is 0.0372. The quantitative estimate of drug-likeness (QED) is 0.741. The van der Waals surface area contributed by atoms with Gasteiger partial charge in [-0.2, -0.15) is 0 Å². The summed E-state index contributed by atoms with van der Waals surface area (Å²) in [5.74, 6) is -0.587. The molecule has 134 valence electrons. The van der Waals surface area contributed by atoms with Gasteiger partial charge in [0.1, 0.15) is 5.82 Å². The van der Waals surface area contributed by atoms with E-state index in [0.29, 0.717) is 30.8 Å². The van der Waals surface area contributed by atoms with Crippen LogP contribution < -0.4 is 5.32 Å². The normalized spacial score (nSPS) is 24.8. The molecule has 1 aromatic rings. The van der Waals surface area contributed by atoms with Gasteiger partial charge in [-0.25, -0.2) is 4.39 Å². The summed E-state index contributed by atoms with van der Waals surface area (Å²) in [6, 6.07) is 4.58.